The molecule has 0 unspecified atom stereocenters. The number of benzene rings is 4. The van der Waals surface area contributed by atoms with Gasteiger partial charge in [-0.3, -0.25) is 0 Å². The van der Waals surface area contributed by atoms with Gasteiger partial charge in [0.1, 0.15) is 5.57 Å². The lowest BCUT2D eigenvalue weighted by Crippen LogP contribution is -2.22. The molecule has 0 bridgehead atoms. The van der Waals surface area contributed by atoms with Gasteiger partial charge in [-0.05, 0) is 95.0 Å². The number of carboxylic acid groups (broad SMARTS) is 2. The second-order valence-corrected chi connectivity index (χ2v) is 16.2. The van der Waals surface area contributed by atoms with Crippen LogP contribution in [-0.4, -0.2) is 33.3 Å². The van der Waals surface area contributed by atoms with Crippen LogP contribution in [0.15, 0.2) is 94.2 Å². The van der Waals surface area contributed by atoms with Crippen molar-refractivity contribution in [2.75, 3.05) is 11.4 Å². The van der Waals surface area contributed by atoms with Crippen molar-refractivity contribution in [1.29, 1.82) is 0 Å². The molecule has 0 radical (unpaired) electrons. The van der Waals surface area contributed by atoms with Crippen LogP contribution in [0, 0.1) is 0 Å². The quantitative estimate of drug-likeness (QED) is 0.0664. The zero-order chi connectivity index (χ0) is 35.1. The zero-order valence-electron chi connectivity index (χ0n) is 29.3. The Bertz CT molecular complexity index is 2010. The molecule has 5 aromatic rings. The molecule has 49 heavy (non-hydrogen) atoms. The Morgan fingerprint density at radius 2 is 1.20 bits per heavy atom. The first-order valence-electron chi connectivity index (χ1n) is 17.2. The monoisotopic (exact) mass is 674 g/mol. The van der Waals surface area contributed by atoms with Crippen molar-refractivity contribution in [3.8, 4) is 0 Å². The number of aryl methyl sites for hydroxylation is 1. The van der Waals surface area contributed by atoms with Crippen molar-refractivity contribution in [3.05, 3.63) is 101 Å². The summed E-state index contributed by atoms with van der Waals surface area (Å²) >= 11 is 1.63. The van der Waals surface area contributed by atoms with Gasteiger partial charge in [-0.1, -0.05) is 96.5 Å². The largest absolute Gasteiger partial charge is 0.477 e. The number of anilines is 2. The van der Waals surface area contributed by atoms with E-state index >= 15 is 0 Å². The van der Waals surface area contributed by atoms with Gasteiger partial charge < -0.3 is 19.7 Å². The number of fused-ring (bicyclic) bond motifs is 5. The summed E-state index contributed by atoms with van der Waals surface area (Å²) < 4.78 is 2.52. The molecule has 6 rings (SSSR count). The van der Waals surface area contributed by atoms with Crippen LogP contribution in [0.3, 0.4) is 0 Å². The number of hydrogen-bond acceptors (Lipinski definition) is 4. The Morgan fingerprint density at radius 1 is 0.653 bits per heavy atom. The number of aromatic nitrogens is 1. The normalized spacial score (nSPS) is 13.0. The maximum absolute atomic E-state index is 11.5. The summed E-state index contributed by atoms with van der Waals surface area (Å²) in [6.45, 7) is 15.5. The Hall–Kier alpha value is -4.49. The predicted molar refractivity (Wildman–Crippen MR) is 203 cm³/mol. The van der Waals surface area contributed by atoms with Crippen molar-refractivity contribution in [2.24, 2.45) is 0 Å². The van der Waals surface area contributed by atoms with Crippen LogP contribution in [0.4, 0.5) is 11.4 Å². The predicted octanol–water partition coefficient (Wildman–Crippen LogP) is 10.8. The van der Waals surface area contributed by atoms with Crippen molar-refractivity contribution in [1.82, 2.24) is 4.57 Å². The summed E-state index contributed by atoms with van der Waals surface area (Å²) in [6.07, 6.45) is 5.56. The SMILES string of the molecule is CC(C)(C)c1ccc2c(c1)c1cc(C(C)(C)C)ccc1n2CCCCCCN1c2ccccc2Sc2cc(C=C(C(=O)O)C(=O)O)ccc21. The van der Waals surface area contributed by atoms with Crippen LogP contribution in [0.1, 0.15) is 83.9 Å². The molecule has 0 spiro atoms. The fourth-order valence-electron chi connectivity index (χ4n) is 6.73. The molecule has 254 valence electrons. The van der Waals surface area contributed by atoms with Crippen molar-refractivity contribution in [3.63, 3.8) is 0 Å². The minimum Gasteiger partial charge on any atom is -0.477 e. The first-order valence-corrected chi connectivity index (χ1v) is 18.0. The van der Waals surface area contributed by atoms with E-state index in [1.54, 1.807) is 17.8 Å². The van der Waals surface area contributed by atoms with Gasteiger partial charge in [-0.15, -0.1) is 0 Å². The molecular weight excluding hydrogens is 629 g/mol. The highest BCUT2D eigenvalue weighted by Crippen LogP contribution is 2.48. The lowest BCUT2D eigenvalue weighted by molar-refractivity contribution is -0.140. The van der Waals surface area contributed by atoms with Gasteiger partial charge in [0.25, 0.3) is 0 Å². The third-order valence-corrected chi connectivity index (χ3v) is 10.6. The first kappa shape index (κ1) is 34.4. The third-order valence-electron chi connectivity index (χ3n) is 9.53. The molecule has 0 aliphatic carbocycles. The fraction of sp³-hybridized carbons (Fsp3) is 0.333. The Labute approximate surface area is 293 Å². The smallest absolute Gasteiger partial charge is 0.343 e. The first-order chi connectivity index (χ1) is 23.2. The van der Waals surface area contributed by atoms with E-state index in [4.69, 9.17) is 0 Å². The summed E-state index contributed by atoms with van der Waals surface area (Å²) in [5.41, 5.74) is 7.63. The minimum absolute atomic E-state index is 0.0852. The Kier molecular flexibility index (Phi) is 9.42. The van der Waals surface area contributed by atoms with Gasteiger partial charge in [0.15, 0.2) is 0 Å². The van der Waals surface area contributed by atoms with Crippen molar-refractivity contribution in [2.45, 2.75) is 94.4 Å². The van der Waals surface area contributed by atoms with E-state index < -0.39 is 17.5 Å². The highest BCUT2D eigenvalue weighted by atomic mass is 32.2. The van der Waals surface area contributed by atoms with Crippen LogP contribution in [0.5, 0.6) is 0 Å². The summed E-state index contributed by atoms with van der Waals surface area (Å²) in [5, 5.41) is 21.3. The molecule has 7 heteroatoms. The lowest BCUT2D eigenvalue weighted by atomic mass is 9.85. The van der Waals surface area contributed by atoms with Crippen molar-refractivity contribution >= 4 is 63.0 Å². The highest BCUT2D eigenvalue weighted by molar-refractivity contribution is 7.99. The molecule has 1 aliphatic heterocycles. The van der Waals surface area contributed by atoms with E-state index in [0.29, 0.717) is 5.56 Å². The topological polar surface area (TPSA) is 82.8 Å². The highest BCUT2D eigenvalue weighted by Gasteiger charge is 2.24. The maximum Gasteiger partial charge on any atom is 0.343 e. The number of hydrogen-bond donors (Lipinski definition) is 2. The van der Waals surface area contributed by atoms with Crippen molar-refractivity contribution < 1.29 is 19.8 Å². The van der Waals surface area contributed by atoms with Crippen LogP contribution in [0.25, 0.3) is 27.9 Å². The number of nitrogens with zero attached hydrogens (tertiary/aromatic N) is 2. The summed E-state index contributed by atoms with van der Waals surface area (Å²) in [6, 6.07) is 28.0. The Balaban J connectivity index is 1.17. The molecule has 4 aromatic carbocycles. The van der Waals surface area contributed by atoms with Crippen LogP contribution >= 0.6 is 11.8 Å². The number of aliphatic carboxylic acids is 2. The second-order valence-electron chi connectivity index (χ2n) is 15.1. The molecule has 1 aromatic heterocycles. The van der Waals surface area contributed by atoms with E-state index in [0.717, 1.165) is 59.9 Å². The van der Waals surface area contributed by atoms with Gasteiger partial charge in [0, 0.05) is 44.7 Å². The standard InChI is InChI=1S/C42H46N2O4S/c1-41(2,3)28-16-19-33-30(25-28)31-26-29(42(4,5)6)17-20-34(31)43(33)21-11-7-8-12-22-44-35-13-9-10-14-37(35)49-38-24-27(15-18-36(38)44)23-32(39(45)46)40(47)48/h9-10,13-20,23-26H,7-8,11-12,21-22H2,1-6H3,(H,45,46)(H,47,48). The molecule has 0 saturated carbocycles. The number of unbranched alkanes of at least 4 members (excludes halogenated alkanes) is 3. The summed E-state index contributed by atoms with van der Waals surface area (Å²) in [7, 11) is 0. The zero-order valence-corrected chi connectivity index (χ0v) is 30.2. The molecular formula is C42H46N2O4S. The summed E-state index contributed by atoms with van der Waals surface area (Å²) in [5.74, 6) is -2.90. The van der Waals surface area contributed by atoms with Crippen LogP contribution in [0.2, 0.25) is 0 Å². The van der Waals surface area contributed by atoms with Crippen LogP contribution in [-0.2, 0) is 27.0 Å². The third kappa shape index (κ3) is 7.13. The molecule has 6 nitrogen and oxygen atoms in total. The van der Waals surface area contributed by atoms with E-state index in [9.17, 15) is 19.8 Å². The molecule has 0 amide bonds. The molecule has 0 fully saturated rings. The van der Waals surface area contributed by atoms with Gasteiger partial charge in [-0.25, -0.2) is 9.59 Å². The number of para-hydroxylation sites is 1. The molecule has 0 atom stereocenters. The maximum atomic E-state index is 11.5. The van der Waals surface area contributed by atoms with E-state index in [2.05, 4.69) is 106 Å². The number of carbonyl (C=O) groups is 2. The summed E-state index contributed by atoms with van der Waals surface area (Å²) in [4.78, 5) is 27.4. The van der Waals surface area contributed by atoms with Gasteiger partial charge in [-0.2, -0.15) is 0 Å². The molecule has 0 saturated heterocycles. The molecule has 1 aliphatic rings. The van der Waals surface area contributed by atoms with Gasteiger partial charge >= 0.3 is 11.9 Å². The van der Waals surface area contributed by atoms with Crippen LogP contribution < -0.4 is 4.90 Å². The average Bonchev–Trinajstić information content (AvgIpc) is 3.35. The van der Waals surface area contributed by atoms with Gasteiger partial charge in [0.05, 0.1) is 11.4 Å². The second kappa shape index (κ2) is 13.4. The van der Waals surface area contributed by atoms with E-state index in [1.807, 2.05) is 18.2 Å². The van der Waals surface area contributed by atoms with E-state index in [1.165, 1.54) is 39.0 Å². The number of carboxylic acids is 2. The van der Waals surface area contributed by atoms with E-state index in [-0.39, 0.29) is 10.8 Å². The average molecular weight is 675 g/mol. The fourth-order valence-corrected chi connectivity index (χ4v) is 7.88. The molecule has 2 N–H and O–H groups in total. The number of rotatable bonds is 10. The molecule has 2 heterocycles. The Morgan fingerprint density at radius 3 is 1.78 bits per heavy atom. The van der Waals surface area contributed by atoms with Gasteiger partial charge in [0.2, 0.25) is 0 Å². The minimum atomic E-state index is -1.45. The lowest BCUT2D eigenvalue weighted by Gasteiger charge is -2.33.